The SMILES string of the molecule is CC(=O)Nc1ccc(C)cc1S(=O)(=O)N1CCn2c(nnc2C2CCN(C(C)C)C2)C1. The topological polar surface area (TPSA) is 100 Å². The molecule has 3 heterocycles. The van der Waals surface area contributed by atoms with Crippen LogP contribution in [-0.4, -0.2) is 64.0 Å². The van der Waals surface area contributed by atoms with Crippen molar-refractivity contribution in [2.24, 2.45) is 0 Å². The van der Waals surface area contributed by atoms with E-state index in [1.807, 2.05) is 6.92 Å². The highest BCUT2D eigenvalue weighted by atomic mass is 32.2. The van der Waals surface area contributed by atoms with Crippen LogP contribution in [0.1, 0.15) is 50.3 Å². The summed E-state index contributed by atoms with van der Waals surface area (Å²) in [5.74, 6) is 1.65. The minimum atomic E-state index is -3.80. The minimum absolute atomic E-state index is 0.110. The third-order valence-electron chi connectivity index (χ3n) is 6.13. The van der Waals surface area contributed by atoms with Crippen molar-refractivity contribution >= 4 is 21.6 Å². The number of aryl methyl sites for hydroxylation is 1. The Balaban J connectivity index is 1.58. The fourth-order valence-corrected chi connectivity index (χ4v) is 6.02. The molecule has 1 N–H and O–H groups in total. The van der Waals surface area contributed by atoms with Gasteiger partial charge in [-0.25, -0.2) is 8.42 Å². The number of hydrogen-bond acceptors (Lipinski definition) is 6. The molecule has 0 radical (unpaired) electrons. The van der Waals surface area contributed by atoms with E-state index >= 15 is 0 Å². The zero-order valence-electron chi connectivity index (χ0n) is 18.5. The lowest BCUT2D eigenvalue weighted by molar-refractivity contribution is -0.114. The third kappa shape index (κ3) is 4.24. The van der Waals surface area contributed by atoms with Gasteiger partial charge in [-0.1, -0.05) is 6.07 Å². The number of carbonyl (C=O) groups excluding carboxylic acids is 1. The van der Waals surface area contributed by atoms with Crippen LogP contribution in [0.2, 0.25) is 0 Å². The lowest BCUT2D eigenvalue weighted by Crippen LogP contribution is -2.39. The van der Waals surface area contributed by atoms with Crippen LogP contribution in [0.25, 0.3) is 0 Å². The number of likely N-dealkylation sites (tertiary alicyclic amines) is 1. The van der Waals surface area contributed by atoms with Crippen molar-refractivity contribution in [3.05, 3.63) is 35.4 Å². The van der Waals surface area contributed by atoms with Crippen LogP contribution < -0.4 is 5.32 Å². The summed E-state index contributed by atoms with van der Waals surface area (Å²) >= 11 is 0. The molecule has 2 aliphatic rings. The van der Waals surface area contributed by atoms with E-state index in [2.05, 4.69) is 38.8 Å². The molecular formula is C21H30N6O3S. The van der Waals surface area contributed by atoms with Crippen LogP contribution >= 0.6 is 0 Å². The smallest absolute Gasteiger partial charge is 0.245 e. The summed E-state index contributed by atoms with van der Waals surface area (Å²) in [7, 11) is -3.80. The molecule has 31 heavy (non-hydrogen) atoms. The average molecular weight is 447 g/mol. The Labute approximate surface area is 183 Å². The summed E-state index contributed by atoms with van der Waals surface area (Å²) < 4.78 is 30.4. The molecule has 0 saturated carbocycles. The predicted octanol–water partition coefficient (Wildman–Crippen LogP) is 1.95. The lowest BCUT2D eigenvalue weighted by Gasteiger charge is -2.28. The molecule has 168 valence electrons. The zero-order valence-corrected chi connectivity index (χ0v) is 19.3. The van der Waals surface area contributed by atoms with Crippen molar-refractivity contribution in [3.8, 4) is 0 Å². The van der Waals surface area contributed by atoms with Crippen molar-refractivity contribution < 1.29 is 13.2 Å². The number of fused-ring (bicyclic) bond motifs is 1. The Morgan fingerprint density at radius 2 is 1.97 bits per heavy atom. The highest BCUT2D eigenvalue weighted by Gasteiger charge is 2.35. The number of amides is 1. The quantitative estimate of drug-likeness (QED) is 0.753. The number of sulfonamides is 1. The summed E-state index contributed by atoms with van der Waals surface area (Å²) in [5.41, 5.74) is 1.11. The highest BCUT2D eigenvalue weighted by Crippen LogP contribution is 2.31. The van der Waals surface area contributed by atoms with Gasteiger partial charge in [-0.3, -0.25) is 4.79 Å². The third-order valence-corrected chi connectivity index (χ3v) is 8.01. The standard InChI is InChI=1S/C21H30N6O3S/c1-14(2)25-8-7-17(12-25)21-24-23-20-13-26(9-10-27(20)21)31(29,30)19-11-15(3)5-6-18(19)22-16(4)28/h5-6,11,14,17H,7-10,12-13H2,1-4H3,(H,22,28). The van der Waals surface area contributed by atoms with Crippen molar-refractivity contribution in [1.29, 1.82) is 0 Å². The van der Waals surface area contributed by atoms with Crippen LogP contribution in [0, 0.1) is 6.92 Å². The summed E-state index contributed by atoms with van der Waals surface area (Å²) in [5, 5.41) is 11.4. The molecule has 1 saturated heterocycles. The maximum absolute atomic E-state index is 13.4. The molecule has 1 unspecified atom stereocenters. The lowest BCUT2D eigenvalue weighted by atomic mass is 10.1. The van der Waals surface area contributed by atoms with Gasteiger partial charge in [0.2, 0.25) is 15.9 Å². The van der Waals surface area contributed by atoms with Crippen molar-refractivity contribution in [2.45, 2.75) is 64.1 Å². The normalized spacial score (nSPS) is 20.2. The van der Waals surface area contributed by atoms with Gasteiger partial charge >= 0.3 is 0 Å². The van der Waals surface area contributed by atoms with Gasteiger partial charge in [-0.05, 0) is 51.4 Å². The maximum atomic E-state index is 13.4. The first kappa shape index (κ1) is 21.9. The van der Waals surface area contributed by atoms with Crippen molar-refractivity contribution in [1.82, 2.24) is 24.0 Å². The first-order valence-electron chi connectivity index (χ1n) is 10.7. The molecule has 1 atom stereocenters. The van der Waals surface area contributed by atoms with E-state index in [4.69, 9.17) is 0 Å². The fraction of sp³-hybridized carbons (Fsp3) is 0.571. The number of anilines is 1. The molecule has 1 fully saturated rings. The van der Waals surface area contributed by atoms with Gasteiger partial charge in [0.1, 0.15) is 16.5 Å². The van der Waals surface area contributed by atoms with Gasteiger partial charge in [-0.15, -0.1) is 10.2 Å². The van der Waals surface area contributed by atoms with E-state index in [0.29, 0.717) is 36.6 Å². The van der Waals surface area contributed by atoms with Crippen molar-refractivity contribution in [3.63, 3.8) is 0 Å². The van der Waals surface area contributed by atoms with Crippen LogP contribution in [0.5, 0.6) is 0 Å². The molecule has 2 aromatic rings. The van der Waals surface area contributed by atoms with E-state index in [1.54, 1.807) is 18.2 Å². The Kier molecular flexibility index (Phi) is 5.89. The first-order valence-corrected chi connectivity index (χ1v) is 12.1. The second kappa shape index (κ2) is 8.33. The van der Waals surface area contributed by atoms with Crippen molar-refractivity contribution in [2.75, 3.05) is 25.0 Å². The van der Waals surface area contributed by atoms with Gasteiger partial charge in [0.05, 0.1) is 12.2 Å². The average Bonchev–Trinajstić information content (AvgIpc) is 3.35. The Morgan fingerprint density at radius 3 is 2.65 bits per heavy atom. The second-order valence-corrected chi connectivity index (χ2v) is 10.6. The maximum Gasteiger partial charge on any atom is 0.245 e. The molecule has 1 aromatic carbocycles. The van der Waals surface area contributed by atoms with Gasteiger partial charge in [0.25, 0.3) is 0 Å². The molecule has 0 spiro atoms. The largest absolute Gasteiger partial charge is 0.325 e. The number of carbonyl (C=O) groups is 1. The molecular weight excluding hydrogens is 416 g/mol. The monoisotopic (exact) mass is 446 g/mol. The Morgan fingerprint density at radius 1 is 1.19 bits per heavy atom. The van der Waals surface area contributed by atoms with E-state index < -0.39 is 10.0 Å². The van der Waals surface area contributed by atoms with Gasteiger partial charge < -0.3 is 14.8 Å². The van der Waals surface area contributed by atoms with Crippen LogP contribution in [-0.2, 0) is 27.9 Å². The Bertz CT molecular complexity index is 1090. The number of nitrogens with zero attached hydrogens (tertiary/aromatic N) is 5. The minimum Gasteiger partial charge on any atom is -0.325 e. The molecule has 0 bridgehead atoms. The Hall–Kier alpha value is -2.30. The van der Waals surface area contributed by atoms with Gasteiger partial charge in [0.15, 0.2) is 0 Å². The van der Waals surface area contributed by atoms with E-state index in [0.717, 1.165) is 30.9 Å². The summed E-state index contributed by atoms with van der Waals surface area (Å²) in [6, 6.07) is 5.52. The molecule has 2 aliphatic heterocycles. The first-order chi connectivity index (χ1) is 14.7. The van der Waals surface area contributed by atoms with Crippen LogP contribution in [0.4, 0.5) is 5.69 Å². The zero-order chi connectivity index (χ0) is 22.3. The van der Waals surface area contributed by atoms with Crippen LogP contribution in [0.15, 0.2) is 23.1 Å². The number of aromatic nitrogens is 3. The number of nitrogens with one attached hydrogen (secondary N) is 1. The molecule has 10 heteroatoms. The van der Waals surface area contributed by atoms with E-state index in [9.17, 15) is 13.2 Å². The summed E-state index contributed by atoms with van der Waals surface area (Å²) in [4.78, 5) is 14.1. The molecule has 0 aliphatic carbocycles. The number of hydrogen-bond donors (Lipinski definition) is 1. The second-order valence-electron chi connectivity index (χ2n) is 8.72. The van der Waals surface area contributed by atoms with E-state index in [-0.39, 0.29) is 17.3 Å². The summed E-state index contributed by atoms with van der Waals surface area (Å²) in [6.07, 6.45) is 1.04. The van der Waals surface area contributed by atoms with Crippen LogP contribution in [0.3, 0.4) is 0 Å². The predicted molar refractivity (Wildman–Crippen MR) is 117 cm³/mol. The summed E-state index contributed by atoms with van der Waals surface area (Å²) in [6.45, 7) is 10.6. The van der Waals surface area contributed by atoms with E-state index in [1.165, 1.54) is 11.2 Å². The fourth-order valence-electron chi connectivity index (χ4n) is 4.41. The van der Waals surface area contributed by atoms with Gasteiger partial charge in [0, 0.05) is 38.5 Å². The highest BCUT2D eigenvalue weighted by molar-refractivity contribution is 7.89. The number of rotatable bonds is 5. The van der Waals surface area contributed by atoms with Gasteiger partial charge in [-0.2, -0.15) is 4.31 Å². The number of benzene rings is 1. The molecule has 4 rings (SSSR count). The molecule has 1 amide bonds. The molecule has 1 aromatic heterocycles. The molecule has 9 nitrogen and oxygen atoms in total.